The van der Waals surface area contributed by atoms with Crippen molar-refractivity contribution in [1.29, 1.82) is 5.41 Å². The number of amides is 1. The minimum atomic E-state index is -0.172. The van der Waals surface area contributed by atoms with Crippen molar-refractivity contribution in [2.24, 2.45) is 11.8 Å². The number of benzene rings is 1. The Labute approximate surface area is 263 Å². The fourth-order valence-corrected chi connectivity index (χ4v) is 3.51. The summed E-state index contributed by atoms with van der Waals surface area (Å²) in [6, 6.07) is 7.21. The molecule has 0 saturated heterocycles. The van der Waals surface area contributed by atoms with E-state index in [2.05, 4.69) is 64.0 Å². The maximum Gasteiger partial charge on any atom is 0.230 e. The molecule has 1 aromatic carbocycles. The van der Waals surface area contributed by atoms with Crippen LogP contribution in [0.4, 0.5) is 17.2 Å². The van der Waals surface area contributed by atoms with Crippen LogP contribution in [0.25, 0.3) is 0 Å². The highest BCUT2D eigenvalue weighted by atomic mass is 16.5. The second kappa shape index (κ2) is 24.0. The molecule has 0 aliphatic carbocycles. The van der Waals surface area contributed by atoms with Crippen molar-refractivity contribution in [3.8, 4) is 5.75 Å². The van der Waals surface area contributed by atoms with Gasteiger partial charge in [-0.15, -0.1) is 0 Å². The van der Waals surface area contributed by atoms with Crippen LogP contribution in [0, 0.1) is 17.2 Å². The van der Waals surface area contributed by atoms with Gasteiger partial charge in [0.05, 0.1) is 24.0 Å². The number of ketones is 1. The van der Waals surface area contributed by atoms with Crippen molar-refractivity contribution in [3.63, 3.8) is 0 Å². The third-order valence-electron chi connectivity index (χ3n) is 5.36. The lowest BCUT2D eigenvalue weighted by Gasteiger charge is -2.24. The largest absolute Gasteiger partial charge is 0.494 e. The summed E-state index contributed by atoms with van der Waals surface area (Å²) < 4.78 is 5.55. The Bertz CT molecular complexity index is 1120. The lowest BCUT2D eigenvalue weighted by molar-refractivity contribution is -0.121. The average molecular weight is 597 g/mol. The average Bonchev–Trinajstić information content (AvgIpc) is 2.95. The first kappa shape index (κ1) is 41.7. The van der Waals surface area contributed by atoms with E-state index < -0.39 is 0 Å². The zero-order valence-corrected chi connectivity index (χ0v) is 29.4. The number of hydrogen-bond acceptors (Lipinski definition) is 6. The van der Waals surface area contributed by atoms with Crippen LogP contribution < -0.4 is 15.0 Å². The van der Waals surface area contributed by atoms with E-state index >= 15 is 0 Å². The van der Waals surface area contributed by atoms with Crippen LogP contribution >= 0.6 is 0 Å². The molecule has 242 valence electrons. The van der Waals surface area contributed by atoms with Crippen LogP contribution in [0.15, 0.2) is 42.6 Å². The molecule has 0 unspecified atom stereocenters. The maximum atomic E-state index is 12.8. The van der Waals surface area contributed by atoms with E-state index in [0.717, 1.165) is 18.8 Å². The molecule has 0 aliphatic rings. The first-order chi connectivity index (χ1) is 20.3. The maximum absolute atomic E-state index is 12.8. The molecule has 2 aromatic rings. The van der Waals surface area contributed by atoms with Gasteiger partial charge in [-0.3, -0.25) is 14.5 Å². The first-order valence-electron chi connectivity index (χ1n) is 15.8. The third kappa shape index (κ3) is 16.1. The molecule has 2 rings (SSSR count). The topological polar surface area (TPSA) is 95.4 Å². The molecular formula is C36H60N4O3. The van der Waals surface area contributed by atoms with E-state index in [0.29, 0.717) is 52.7 Å². The monoisotopic (exact) mass is 596 g/mol. The van der Waals surface area contributed by atoms with Gasteiger partial charge in [0, 0.05) is 42.4 Å². The molecule has 43 heavy (non-hydrogen) atoms. The Balaban J connectivity index is 0. The van der Waals surface area contributed by atoms with Gasteiger partial charge in [0.25, 0.3) is 0 Å². The van der Waals surface area contributed by atoms with Crippen LogP contribution in [0.5, 0.6) is 5.75 Å². The molecule has 0 bridgehead atoms. The number of para-hydroxylation sites is 1. The molecular weight excluding hydrogens is 536 g/mol. The van der Waals surface area contributed by atoms with Gasteiger partial charge in [0.15, 0.2) is 11.5 Å². The van der Waals surface area contributed by atoms with E-state index in [-0.39, 0.29) is 17.6 Å². The Morgan fingerprint density at radius 2 is 1.60 bits per heavy atom. The Kier molecular flexibility index (Phi) is 23.3. The normalized spacial score (nSPS) is 10.1. The second-order valence-corrected chi connectivity index (χ2v) is 11.1. The van der Waals surface area contributed by atoms with Gasteiger partial charge in [0.2, 0.25) is 5.91 Å². The van der Waals surface area contributed by atoms with Crippen molar-refractivity contribution < 1.29 is 14.3 Å². The highest BCUT2D eigenvalue weighted by molar-refractivity contribution is 6.04. The number of nitrogens with zero attached hydrogens (tertiary/aromatic N) is 2. The number of Topliss-reactive ketones (excluding diaryl/α,β-unsaturated/α-hetero) is 1. The van der Waals surface area contributed by atoms with Crippen LogP contribution in [0.2, 0.25) is 0 Å². The van der Waals surface area contributed by atoms with Crippen LogP contribution in [-0.2, 0) is 4.79 Å². The lowest BCUT2D eigenvalue weighted by atomic mass is 10.1. The highest BCUT2D eigenvalue weighted by Crippen LogP contribution is 2.34. The summed E-state index contributed by atoms with van der Waals surface area (Å²) in [5.74, 6) is 1.60. The van der Waals surface area contributed by atoms with Gasteiger partial charge in [-0.05, 0) is 44.7 Å². The molecule has 7 heteroatoms. The molecule has 0 spiro atoms. The summed E-state index contributed by atoms with van der Waals surface area (Å²) >= 11 is 0. The summed E-state index contributed by atoms with van der Waals surface area (Å²) in [4.78, 5) is 31.4. The number of ether oxygens (including phenoxy) is 1. The Hall–Kier alpha value is -3.48. The van der Waals surface area contributed by atoms with E-state index in [9.17, 15) is 9.59 Å². The summed E-state index contributed by atoms with van der Waals surface area (Å²) in [6.07, 6.45) is 9.23. The molecule has 7 nitrogen and oxygen atoms in total. The summed E-state index contributed by atoms with van der Waals surface area (Å²) in [5, 5.41) is 11.3. The standard InChI is InChI=1S/C24H32N4O3.C5H10.C4H10.C3H8/c1-7-12-28(24(30)15(3)4)22-13-20(18(14-26-22)21(29)8-2)27-19-11-9-10-17(16(5)25)23(19)31-6;1-3-5-4-2;1-4(2)3;1-3-2/h9-11,13-15,25H,7-8,12H2,1-6H3,(H,26,27);3,5H,4H2,1-2H3;4H,1-3H3;3H2,1-2H3/b;5-3+;;. The van der Waals surface area contributed by atoms with E-state index in [1.165, 1.54) is 12.6 Å². The highest BCUT2D eigenvalue weighted by Gasteiger charge is 2.22. The van der Waals surface area contributed by atoms with Gasteiger partial charge < -0.3 is 15.5 Å². The summed E-state index contributed by atoms with van der Waals surface area (Å²) in [6.45, 7) is 24.7. The summed E-state index contributed by atoms with van der Waals surface area (Å²) in [7, 11) is 1.55. The molecule has 1 heterocycles. The number of aromatic nitrogens is 1. The van der Waals surface area contributed by atoms with Gasteiger partial charge in [-0.25, -0.2) is 4.98 Å². The SMILES string of the molecule is C/C=C/CC.CC(C)C.CCC.CCCN(C(=O)C(C)C)c1cc(Nc2cccc(C(C)=N)c2OC)c(C(=O)CC)cn1. The molecule has 0 atom stereocenters. The third-order valence-corrected chi connectivity index (χ3v) is 5.36. The number of nitrogens with one attached hydrogen (secondary N) is 2. The van der Waals surface area contributed by atoms with Crippen LogP contribution in [0.3, 0.4) is 0 Å². The molecule has 2 N–H and O–H groups in total. The van der Waals surface area contributed by atoms with Gasteiger partial charge in [0.1, 0.15) is 5.82 Å². The Morgan fingerprint density at radius 1 is 1.02 bits per heavy atom. The number of pyridine rings is 1. The minimum Gasteiger partial charge on any atom is -0.494 e. The number of methoxy groups -OCH3 is 1. The van der Waals surface area contributed by atoms with Gasteiger partial charge in [-0.1, -0.05) is 93.9 Å². The molecule has 0 saturated carbocycles. The van der Waals surface area contributed by atoms with Gasteiger partial charge >= 0.3 is 0 Å². The number of carbonyl (C=O) groups excluding carboxylic acids is 2. The lowest BCUT2D eigenvalue weighted by Crippen LogP contribution is -2.35. The van der Waals surface area contributed by atoms with E-state index in [4.69, 9.17) is 10.1 Å². The smallest absolute Gasteiger partial charge is 0.230 e. The first-order valence-corrected chi connectivity index (χ1v) is 15.8. The molecule has 1 amide bonds. The minimum absolute atomic E-state index is 0.0196. The number of hydrogen-bond donors (Lipinski definition) is 2. The zero-order valence-electron chi connectivity index (χ0n) is 29.4. The quantitative estimate of drug-likeness (QED) is 0.153. The fourth-order valence-electron chi connectivity index (χ4n) is 3.51. The van der Waals surface area contributed by atoms with Crippen molar-refractivity contribution >= 4 is 34.6 Å². The number of anilines is 3. The molecule has 0 radical (unpaired) electrons. The van der Waals surface area contributed by atoms with Crippen molar-refractivity contribution in [2.75, 3.05) is 23.9 Å². The summed E-state index contributed by atoms with van der Waals surface area (Å²) in [5.41, 5.74) is 2.66. The van der Waals surface area contributed by atoms with Gasteiger partial charge in [-0.2, -0.15) is 0 Å². The molecule has 0 fully saturated rings. The number of rotatable bonds is 11. The molecule has 0 aliphatic heterocycles. The van der Waals surface area contributed by atoms with Crippen LogP contribution in [-0.4, -0.2) is 36.0 Å². The van der Waals surface area contributed by atoms with Crippen molar-refractivity contribution in [1.82, 2.24) is 4.98 Å². The van der Waals surface area contributed by atoms with Crippen molar-refractivity contribution in [3.05, 3.63) is 53.7 Å². The number of carbonyl (C=O) groups is 2. The van der Waals surface area contributed by atoms with E-state index in [1.807, 2.05) is 45.9 Å². The number of allylic oxidation sites excluding steroid dienone is 2. The predicted octanol–water partition coefficient (Wildman–Crippen LogP) is 10.3. The predicted molar refractivity (Wildman–Crippen MR) is 187 cm³/mol. The molecule has 1 aromatic heterocycles. The van der Waals surface area contributed by atoms with Crippen molar-refractivity contribution in [2.45, 2.75) is 109 Å². The second-order valence-electron chi connectivity index (χ2n) is 11.1. The zero-order chi connectivity index (χ0) is 33.5. The van der Waals surface area contributed by atoms with E-state index in [1.54, 1.807) is 31.9 Å². The Morgan fingerprint density at radius 3 is 2.00 bits per heavy atom. The fraction of sp³-hybridized carbons (Fsp3) is 0.556. The van der Waals surface area contributed by atoms with Crippen LogP contribution in [0.1, 0.15) is 125 Å².